The molecular formula is C15H17N5S. The summed E-state index contributed by atoms with van der Waals surface area (Å²) in [5.41, 5.74) is 1.11. The van der Waals surface area contributed by atoms with Crippen LogP contribution in [0.2, 0.25) is 0 Å². The molecule has 1 atom stereocenters. The Balaban J connectivity index is 1.52. The fourth-order valence-electron chi connectivity index (χ4n) is 2.97. The quantitative estimate of drug-likeness (QED) is 0.746. The molecule has 0 aliphatic carbocycles. The first-order valence-electron chi connectivity index (χ1n) is 7.31. The van der Waals surface area contributed by atoms with Crippen LogP contribution in [0, 0.1) is 5.92 Å². The zero-order valence-electron chi connectivity index (χ0n) is 11.7. The molecule has 0 radical (unpaired) electrons. The van der Waals surface area contributed by atoms with Gasteiger partial charge in [0.1, 0.15) is 12.7 Å². The number of hydrogen-bond acceptors (Lipinski definition) is 5. The molecule has 5 nitrogen and oxygen atoms in total. The van der Waals surface area contributed by atoms with Crippen LogP contribution < -0.4 is 4.90 Å². The minimum atomic E-state index is 0.618. The van der Waals surface area contributed by atoms with Gasteiger partial charge in [-0.15, -0.1) is 0 Å². The molecule has 4 rings (SSSR count). The van der Waals surface area contributed by atoms with Gasteiger partial charge in [-0.25, -0.2) is 9.97 Å². The maximum atomic E-state index is 4.78. The van der Waals surface area contributed by atoms with E-state index in [0.717, 1.165) is 30.3 Å². The number of para-hydroxylation sites is 1. The van der Waals surface area contributed by atoms with Gasteiger partial charge in [0.2, 0.25) is 0 Å². The Hall–Kier alpha value is -1.95. The molecule has 1 aromatic carbocycles. The number of piperidine rings is 1. The Morgan fingerprint density at radius 2 is 2.24 bits per heavy atom. The SMILES string of the molecule is c1ccc2sc(N3CCC[C@H](Cn4cncn4)C3)nc2c1. The molecule has 0 N–H and O–H groups in total. The molecule has 21 heavy (non-hydrogen) atoms. The molecule has 2 aromatic heterocycles. The van der Waals surface area contributed by atoms with E-state index < -0.39 is 0 Å². The summed E-state index contributed by atoms with van der Waals surface area (Å²) in [5, 5.41) is 5.37. The molecule has 0 bridgehead atoms. The second kappa shape index (κ2) is 5.44. The van der Waals surface area contributed by atoms with E-state index in [-0.39, 0.29) is 0 Å². The van der Waals surface area contributed by atoms with Gasteiger partial charge in [0.05, 0.1) is 10.2 Å². The lowest BCUT2D eigenvalue weighted by atomic mass is 9.98. The van der Waals surface area contributed by atoms with Crippen molar-refractivity contribution in [3.63, 3.8) is 0 Å². The molecule has 0 amide bonds. The standard InChI is InChI=1S/C15H17N5S/c1-2-6-14-13(5-1)18-15(21-14)19-7-3-4-12(8-19)9-20-11-16-10-17-20/h1-2,5-6,10-12H,3-4,7-9H2/t12-/m0/s1. The zero-order chi connectivity index (χ0) is 14.1. The number of anilines is 1. The summed E-state index contributed by atoms with van der Waals surface area (Å²) in [6.45, 7) is 3.11. The predicted octanol–water partition coefficient (Wildman–Crippen LogP) is 2.80. The van der Waals surface area contributed by atoms with Gasteiger partial charge in [-0.1, -0.05) is 23.5 Å². The summed E-state index contributed by atoms with van der Waals surface area (Å²) in [7, 11) is 0. The van der Waals surface area contributed by atoms with Crippen molar-refractivity contribution in [1.82, 2.24) is 19.7 Å². The van der Waals surface area contributed by atoms with Gasteiger partial charge in [0, 0.05) is 19.6 Å². The molecule has 1 fully saturated rings. The summed E-state index contributed by atoms with van der Waals surface area (Å²) < 4.78 is 3.21. The zero-order valence-corrected chi connectivity index (χ0v) is 12.5. The van der Waals surface area contributed by atoms with Crippen LogP contribution >= 0.6 is 11.3 Å². The Morgan fingerprint density at radius 3 is 3.10 bits per heavy atom. The highest BCUT2D eigenvalue weighted by atomic mass is 32.1. The van der Waals surface area contributed by atoms with E-state index in [2.05, 4.69) is 39.2 Å². The van der Waals surface area contributed by atoms with Crippen molar-refractivity contribution in [3.8, 4) is 0 Å². The van der Waals surface area contributed by atoms with E-state index in [1.807, 2.05) is 4.68 Å². The van der Waals surface area contributed by atoms with Crippen molar-refractivity contribution >= 4 is 26.7 Å². The van der Waals surface area contributed by atoms with Crippen LogP contribution in [-0.4, -0.2) is 32.8 Å². The highest BCUT2D eigenvalue weighted by molar-refractivity contribution is 7.22. The lowest BCUT2D eigenvalue weighted by Gasteiger charge is -2.32. The fraction of sp³-hybridized carbons (Fsp3) is 0.400. The van der Waals surface area contributed by atoms with E-state index in [4.69, 9.17) is 4.98 Å². The average Bonchev–Trinajstić information content (AvgIpc) is 3.16. The molecule has 3 heterocycles. The van der Waals surface area contributed by atoms with E-state index in [1.165, 1.54) is 17.5 Å². The summed E-state index contributed by atoms with van der Waals surface area (Å²) in [5.74, 6) is 0.618. The lowest BCUT2D eigenvalue weighted by molar-refractivity contribution is 0.351. The molecule has 108 valence electrons. The van der Waals surface area contributed by atoms with Gasteiger partial charge in [-0.2, -0.15) is 5.10 Å². The Bertz CT molecular complexity index is 688. The lowest BCUT2D eigenvalue weighted by Crippen LogP contribution is -2.37. The topological polar surface area (TPSA) is 46.8 Å². The second-order valence-electron chi connectivity index (χ2n) is 5.54. The normalized spacial score (nSPS) is 19.2. The molecule has 6 heteroatoms. The van der Waals surface area contributed by atoms with E-state index >= 15 is 0 Å². The van der Waals surface area contributed by atoms with Crippen molar-refractivity contribution in [1.29, 1.82) is 0 Å². The first kappa shape index (κ1) is 12.8. The number of fused-ring (bicyclic) bond motifs is 1. The van der Waals surface area contributed by atoms with E-state index in [0.29, 0.717) is 5.92 Å². The largest absolute Gasteiger partial charge is 0.348 e. The van der Waals surface area contributed by atoms with Crippen molar-refractivity contribution in [2.45, 2.75) is 19.4 Å². The molecule has 1 saturated heterocycles. The third-order valence-corrected chi connectivity index (χ3v) is 5.08. The number of hydrogen-bond donors (Lipinski definition) is 0. The molecule has 1 aliphatic rings. The van der Waals surface area contributed by atoms with Crippen LogP contribution in [0.15, 0.2) is 36.9 Å². The van der Waals surface area contributed by atoms with Crippen LogP contribution in [-0.2, 0) is 6.54 Å². The van der Waals surface area contributed by atoms with Crippen LogP contribution in [0.1, 0.15) is 12.8 Å². The van der Waals surface area contributed by atoms with E-state index in [9.17, 15) is 0 Å². The van der Waals surface area contributed by atoms with Crippen LogP contribution in [0.5, 0.6) is 0 Å². The van der Waals surface area contributed by atoms with E-state index in [1.54, 1.807) is 24.0 Å². The minimum Gasteiger partial charge on any atom is -0.348 e. The minimum absolute atomic E-state index is 0.618. The van der Waals surface area contributed by atoms with Gasteiger partial charge >= 0.3 is 0 Å². The number of thiazole rings is 1. The summed E-state index contributed by atoms with van der Waals surface area (Å²) >= 11 is 1.79. The van der Waals surface area contributed by atoms with Gasteiger partial charge in [-0.3, -0.25) is 4.68 Å². The molecular weight excluding hydrogens is 282 g/mol. The maximum absolute atomic E-state index is 4.78. The van der Waals surface area contributed by atoms with Gasteiger partial charge in [-0.05, 0) is 30.9 Å². The second-order valence-corrected chi connectivity index (χ2v) is 6.55. The summed E-state index contributed by atoms with van der Waals surface area (Å²) in [6.07, 6.45) is 5.88. The molecule has 3 aromatic rings. The maximum Gasteiger partial charge on any atom is 0.186 e. The smallest absolute Gasteiger partial charge is 0.186 e. The monoisotopic (exact) mass is 299 g/mol. The Morgan fingerprint density at radius 1 is 1.29 bits per heavy atom. The molecule has 0 unspecified atom stereocenters. The number of aromatic nitrogens is 4. The van der Waals surface area contributed by atoms with Gasteiger partial charge < -0.3 is 4.90 Å². The highest BCUT2D eigenvalue weighted by Gasteiger charge is 2.22. The Kier molecular flexibility index (Phi) is 3.31. The third-order valence-electron chi connectivity index (χ3n) is 3.98. The van der Waals surface area contributed by atoms with Gasteiger partial charge in [0.15, 0.2) is 5.13 Å². The van der Waals surface area contributed by atoms with Crippen molar-refractivity contribution in [2.24, 2.45) is 5.92 Å². The van der Waals surface area contributed by atoms with Gasteiger partial charge in [0.25, 0.3) is 0 Å². The van der Waals surface area contributed by atoms with Crippen LogP contribution in [0.3, 0.4) is 0 Å². The number of rotatable bonds is 3. The summed E-state index contributed by atoms with van der Waals surface area (Å²) in [6, 6.07) is 8.36. The average molecular weight is 299 g/mol. The fourth-order valence-corrected chi connectivity index (χ4v) is 3.98. The predicted molar refractivity (Wildman–Crippen MR) is 84.6 cm³/mol. The first-order valence-corrected chi connectivity index (χ1v) is 8.13. The summed E-state index contributed by atoms with van der Waals surface area (Å²) in [4.78, 5) is 11.2. The highest BCUT2D eigenvalue weighted by Crippen LogP contribution is 2.31. The number of benzene rings is 1. The number of nitrogens with zero attached hydrogens (tertiary/aromatic N) is 5. The van der Waals surface area contributed by atoms with Crippen LogP contribution in [0.25, 0.3) is 10.2 Å². The third kappa shape index (κ3) is 2.63. The van der Waals surface area contributed by atoms with Crippen molar-refractivity contribution in [2.75, 3.05) is 18.0 Å². The molecule has 1 aliphatic heterocycles. The van der Waals surface area contributed by atoms with Crippen molar-refractivity contribution < 1.29 is 0 Å². The van der Waals surface area contributed by atoms with Crippen molar-refractivity contribution in [3.05, 3.63) is 36.9 Å². The molecule has 0 saturated carbocycles. The molecule has 0 spiro atoms. The Labute approximate surface area is 127 Å². The van der Waals surface area contributed by atoms with Crippen LogP contribution in [0.4, 0.5) is 5.13 Å². The first-order chi connectivity index (χ1) is 10.4.